The van der Waals surface area contributed by atoms with Crippen molar-refractivity contribution in [3.63, 3.8) is 0 Å². The minimum atomic E-state index is -0.498. The maximum Gasteiger partial charge on any atom is 0.180 e. The van der Waals surface area contributed by atoms with Crippen molar-refractivity contribution >= 4 is 22.3 Å². The first kappa shape index (κ1) is 18.0. The maximum absolute atomic E-state index is 14.1. The molecule has 1 aliphatic heterocycles. The van der Waals surface area contributed by atoms with Crippen molar-refractivity contribution in [2.24, 2.45) is 0 Å². The summed E-state index contributed by atoms with van der Waals surface area (Å²) in [4.78, 5) is 8.29. The van der Waals surface area contributed by atoms with E-state index >= 15 is 0 Å². The largest absolute Gasteiger partial charge is 0.491 e. The number of piperazine rings is 1. The Balaban J connectivity index is 1.70. The van der Waals surface area contributed by atoms with E-state index in [4.69, 9.17) is 4.74 Å². The van der Waals surface area contributed by atoms with Crippen LogP contribution >= 0.6 is 0 Å². The SMILES string of the molecule is COc1c(F)ccc2c(N3CCN(c4ccccc4F)CC3)c(C#N)cnc12. The van der Waals surface area contributed by atoms with Gasteiger partial charge in [-0.25, -0.2) is 8.78 Å². The molecule has 0 unspecified atom stereocenters. The quantitative estimate of drug-likeness (QED) is 0.693. The minimum Gasteiger partial charge on any atom is -0.491 e. The average Bonchev–Trinajstić information content (AvgIpc) is 2.73. The van der Waals surface area contributed by atoms with E-state index in [-0.39, 0.29) is 11.6 Å². The highest BCUT2D eigenvalue weighted by atomic mass is 19.1. The second-order valence-corrected chi connectivity index (χ2v) is 6.53. The van der Waals surface area contributed by atoms with Gasteiger partial charge in [0.25, 0.3) is 0 Å². The van der Waals surface area contributed by atoms with Crippen molar-refractivity contribution < 1.29 is 13.5 Å². The molecule has 4 rings (SSSR count). The van der Waals surface area contributed by atoms with Gasteiger partial charge in [0, 0.05) is 37.8 Å². The number of benzene rings is 2. The van der Waals surface area contributed by atoms with Gasteiger partial charge in [0.05, 0.1) is 24.0 Å². The van der Waals surface area contributed by atoms with Crippen LogP contribution in [0.4, 0.5) is 20.2 Å². The van der Waals surface area contributed by atoms with Crippen LogP contribution in [0.15, 0.2) is 42.6 Å². The molecule has 1 aromatic heterocycles. The summed E-state index contributed by atoms with van der Waals surface area (Å²) in [5.74, 6) is -0.681. The average molecular weight is 380 g/mol. The molecule has 0 N–H and O–H groups in total. The second-order valence-electron chi connectivity index (χ2n) is 6.53. The van der Waals surface area contributed by atoms with Crippen molar-refractivity contribution in [2.45, 2.75) is 0 Å². The normalized spacial score (nSPS) is 14.2. The Morgan fingerprint density at radius 2 is 1.71 bits per heavy atom. The zero-order valence-electron chi connectivity index (χ0n) is 15.3. The van der Waals surface area contributed by atoms with E-state index < -0.39 is 5.82 Å². The number of nitrogens with zero attached hydrogens (tertiary/aromatic N) is 4. The number of aromatic nitrogens is 1. The topological polar surface area (TPSA) is 52.4 Å². The van der Waals surface area contributed by atoms with Crippen LogP contribution in [0, 0.1) is 23.0 Å². The van der Waals surface area contributed by atoms with Crippen LogP contribution in [-0.4, -0.2) is 38.3 Å². The standard InChI is InChI=1S/C21H18F2N4O/c1-28-21-17(23)7-6-15-19(21)25-13-14(12-24)20(15)27-10-8-26(9-11-27)18-5-3-2-4-16(18)22/h2-7,13H,8-11H2,1H3. The molecular weight excluding hydrogens is 362 g/mol. The zero-order valence-corrected chi connectivity index (χ0v) is 15.3. The summed E-state index contributed by atoms with van der Waals surface area (Å²) in [7, 11) is 1.39. The molecule has 3 aromatic rings. The molecule has 5 nitrogen and oxygen atoms in total. The number of hydrogen-bond acceptors (Lipinski definition) is 5. The van der Waals surface area contributed by atoms with Crippen LogP contribution in [0.25, 0.3) is 10.9 Å². The lowest BCUT2D eigenvalue weighted by Gasteiger charge is -2.38. The molecule has 0 amide bonds. The summed E-state index contributed by atoms with van der Waals surface area (Å²) in [5, 5.41) is 10.2. The third-order valence-electron chi connectivity index (χ3n) is 5.03. The molecular formula is C21H18F2N4O. The molecule has 0 spiro atoms. The van der Waals surface area contributed by atoms with Crippen LogP contribution in [-0.2, 0) is 0 Å². The molecule has 0 radical (unpaired) electrons. The predicted molar refractivity (Wildman–Crippen MR) is 104 cm³/mol. The summed E-state index contributed by atoms with van der Waals surface area (Å²) in [6.45, 7) is 2.41. The van der Waals surface area contributed by atoms with Crippen molar-refractivity contribution in [1.82, 2.24) is 4.98 Å². The summed E-state index contributed by atoms with van der Waals surface area (Å²) < 4.78 is 33.3. The van der Waals surface area contributed by atoms with Crippen molar-refractivity contribution in [2.75, 3.05) is 43.1 Å². The molecule has 142 valence electrons. The van der Waals surface area contributed by atoms with Crippen LogP contribution < -0.4 is 14.5 Å². The van der Waals surface area contributed by atoms with Crippen LogP contribution in [0.3, 0.4) is 0 Å². The van der Waals surface area contributed by atoms with Crippen LogP contribution in [0.5, 0.6) is 5.75 Å². The van der Waals surface area contributed by atoms with E-state index in [1.165, 1.54) is 25.4 Å². The third kappa shape index (κ3) is 2.97. The molecule has 2 aromatic carbocycles. The highest BCUT2D eigenvalue weighted by Gasteiger charge is 2.24. The maximum atomic E-state index is 14.1. The Bertz CT molecular complexity index is 1070. The summed E-state index contributed by atoms with van der Waals surface area (Å²) in [5.41, 5.74) is 2.08. The lowest BCUT2D eigenvalue weighted by molar-refractivity contribution is 0.391. The summed E-state index contributed by atoms with van der Waals surface area (Å²) in [6.07, 6.45) is 1.45. The van der Waals surface area contributed by atoms with Gasteiger partial charge in [-0.2, -0.15) is 5.26 Å². The number of nitriles is 1. The van der Waals surface area contributed by atoms with E-state index in [1.807, 2.05) is 11.0 Å². The van der Waals surface area contributed by atoms with Gasteiger partial charge in [-0.15, -0.1) is 0 Å². The van der Waals surface area contributed by atoms with Gasteiger partial charge < -0.3 is 14.5 Å². The Morgan fingerprint density at radius 1 is 1.00 bits per heavy atom. The van der Waals surface area contributed by atoms with E-state index in [0.717, 1.165) is 0 Å². The van der Waals surface area contributed by atoms with Gasteiger partial charge in [-0.1, -0.05) is 12.1 Å². The molecule has 7 heteroatoms. The van der Waals surface area contributed by atoms with Gasteiger partial charge >= 0.3 is 0 Å². The first-order valence-electron chi connectivity index (χ1n) is 8.93. The van der Waals surface area contributed by atoms with Crippen molar-refractivity contribution in [3.8, 4) is 11.8 Å². The Hall–Kier alpha value is -3.40. The zero-order chi connectivity index (χ0) is 19.7. The fraction of sp³-hybridized carbons (Fsp3) is 0.238. The van der Waals surface area contributed by atoms with Gasteiger partial charge in [0.2, 0.25) is 0 Å². The first-order chi connectivity index (χ1) is 13.6. The highest BCUT2D eigenvalue weighted by molar-refractivity contribution is 5.97. The van der Waals surface area contributed by atoms with E-state index in [0.29, 0.717) is 54.0 Å². The molecule has 0 bridgehead atoms. The predicted octanol–water partition coefficient (Wildman–Crippen LogP) is 3.72. The molecule has 1 fully saturated rings. The number of pyridine rings is 1. The molecule has 2 heterocycles. The van der Waals surface area contributed by atoms with Crippen molar-refractivity contribution in [3.05, 3.63) is 59.8 Å². The number of ether oxygens (including phenoxy) is 1. The van der Waals surface area contributed by atoms with Crippen LogP contribution in [0.2, 0.25) is 0 Å². The van der Waals surface area contributed by atoms with Gasteiger partial charge in [-0.3, -0.25) is 4.98 Å². The fourth-order valence-electron chi connectivity index (χ4n) is 3.70. The third-order valence-corrected chi connectivity index (χ3v) is 5.03. The Kier molecular flexibility index (Phi) is 4.70. The lowest BCUT2D eigenvalue weighted by Crippen LogP contribution is -2.47. The monoisotopic (exact) mass is 380 g/mol. The number of rotatable bonds is 3. The fourth-order valence-corrected chi connectivity index (χ4v) is 3.70. The molecule has 0 aliphatic carbocycles. The second kappa shape index (κ2) is 7.31. The van der Waals surface area contributed by atoms with Gasteiger partial charge in [-0.05, 0) is 24.3 Å². The number of halogens is 2. The van der Waals surface area contributed by atoms with Crippen molar-refractivity contribution in [1.29, 1.82) is 5.26 Å². The number of para-hydroxylation sites is 1. The molecule has 28 heavy (non-hydrogen) atoms. The van der Waals surface area contributed by atoms with Crippen LogP contribution in [0.1, 0.15) is 5.56 Å². The van der Waals surface area contributed by atoms with E-state index in [2.05, 4.69) is 16.0 Å². The highest BCUT2D eigenvalue weighted by Crippen LogP contribution is 2.36. The number of anilines is 2. The molecule has 1 aliphatic rings. The minimum absolute atomic E-state index is 0.0632. The number of fused-ring (bicyclic) bond motifs is 1. The molecule has 0 atom stereocenters. The number of hydrogen-bond donors (Lipinski definition) is 0. The molecule has 0 saturated carbocycles. The summed E-state index contributed by atoms with van der Waals surface area (Å²) >= 11 is 0. The summed E-state index contributed by atoms with van der Waals surface area (Å²) in [6, 6.07) is 11.8. The lowest BCUT2D eigenvalue weighted by atomic mass is 10.1. The van der Waals surface area contributed by atoms with E-state index in [9.17, 15) is 14.0 Å². The molecule has 1 saturated heterocycles. The Morgan fingerprint density at radius 3 is 2.39 bits per heavy atom. The Labute approximate surface area is 161 Å². The number of methoxy groups -OCH3 is 1. The van der Waals surface area contributed by atoms with E-state index in [1.54, 1.807) is 18.2 Å². The first-order valence-corrected chi connectivity index (χ1v) is 8.93. The van der Waals surface area contributed by atoms with Gasteiger partial charge in [0.15, 0.2) is 11.6 Å². The van der Waals surface area contributed by atoms with Gasteiger partial charge in [0.1, 0.15) is 17.4 Å². The smallest absolute Gasteiger partial charge is 0.180 e.